The minimum Gasteiger partial charge on any atom is -0.504 e. The zero-order valence-electron chi connectivity index (χ0n) is 24.4. The van der Waals surface area contributed by atoms with Gasteiger partial charge in [0.05, 0.1) is 36.0 Å². The molecular formula is C34H29ClFN3O6. The molecule has 9 nitrogen and oxygen atoms in total. The number of nitrogens with one attached hydrogen (secondary N) is 1. The lowest BCUT2D eigenvalue weighted by Crippen LogP contribution is -2.53. The fourth-order valence-corrected chi connectivity index (χ4v) is 8.19. The molecule has 2 aliphatic heterocycles. The molecule has 2 aliphatic carbocycles. The van der Waals surface area contributed by atoms with Crippen molar-refractivity contribution in [3.63, 3.8) is 0 Å². The predicted octanol–water partition coefficient (Wildman–Crippen LogP) is 4.81. The summed E-state index contributed by atoms with van der Waals surface area (Å²) in [6.45, 7) is 0. The molecule has 0 spiro atoms. The van der Waals surface area contributed by atoms with E-state index in [-0.39, 0.29) is 29.7 Å². The van der Waals surface area contributed by atoms with Crippen LogP contribution in [0.2, 0.25) is 5.02 Å². The third-order valence-electron chi connectivity index (χ3n) is 10.0. The molecule has 7 rings (SSSR count). The Balaban J connectivity index is 1.48. The molecule has 2 N–H and O–H groups in total. The van der Waals surface area contributed by atoms with Gasteiger partial charge in [0.25, 0.3) is 11.8 Å². The molecule has 0 radical (unpaired) electrons. The highest BCUT2D eigenvalue weighted by Crippen LogP contribution is 2.64. The Bertz CT molecular complexity index is 1790. The largest absolute Gasteiger partial charge is 0.504 e. The van der Waals surface area contributed by atoms with Crippen LogP contribution in [0.25, 0.3) is 0 Å². The van der Waals surface area contributed by atoms with Crippen LogP contribution in [0.1, 0.15) is 29.9 Å². The summed E-state index contributed by atoms with van der Waals surface area (Å²) in [5.74, 6) is -5.51. The first-order chi connectivity index (χ1) is 21.6. The number of allylic oxidation sites excluding steroid dienone is 2. The highest BCUT2D eigenvalue weighted by atomic mass is 35.5. The highest BCUT2D eigenvalue weighted by molar-refractivity contribution is 6.30. The lowest BCUT2D eigenvalue weighted by molar-refractivity contribution is -0.140. The second kappa shape index (κ2) is 10.4. The summed E-state index contributed by atoms with van der Waals surface area (Å²) in [4.78, 5) is 57.3. The molecule has 1 saturated carbocycles. The van der Waals surface area contributed by atoms with Gasteiger partial charge in [-0.1, -0.05) is 41.4 Å². The van der Waals surface area contributed by atoms with E-state index < -0.39 is 52.6 Å². The Kier molecular flexibility index (Phi) is 6.74. The van der Waals surface area contributed by atoms with Gasteiger partial charge in [0, 0.05) is 18.0 Å². The Hall–Kier alpha value is -4.70. The molecule has 6 atom stereocenters. The van der Waals surface area contributed by atoms with Crippen LogP contribution in [0.5, 0.6) is 11.5 Å². The van der Waals surface area contributed by atoms with Gasteiger partial charge in [0.2, 0.25) is 11.8 Å². The van der Waals surface area contributed by atoms with Gasteiger partial charge in [-0.25, -0.2) is 4.39 Å². The molecule has 2 saturated heterocycles. The third kappa shape index (κ3) is 4.11. The van der Waals surface area contributed by atoms with Crippen molar-refractivity contribution in [2.45, 2.75) is 24.2 Å². The van der Waals surface area contributed by atoms with Crippen LogP contribution in [0.4, 0.5) is 10.1 Å². The summed E-state index contributed by atoms with van der Waals surface area (Å²) >= 11 is 6.30. The number of carbonyl (C=O) groups excluding carboxylic acids is 4. The lowest BCUT2D eigenvalue weighted by Gasteiger charge is -2.50. The summed E-state index contributed by atoms with van der Waals surface area (Å²) in [5.41, 5.74) is 3.65. The average molecular weight is 630 g/mol. The van der Waals surface area contributed by atoms with E-state index in [0.717, 1.165) is 15.5 Å². The maximum absolute atomic E-state index is 15.0. The van der Waals surface area contributed by atoms with Gasteiger partial charge in [0.1, 0.15) is 5.82 Å². The zero-order valence-corrected chi connectivity index (χ0v) is 25.1. The molecule has 11 heteroatoms. The number of methoxy groups -OCH3 is 1. The number of hydrogen-bond donors (Lipinski definition) is 2. The number of benzene rings is 3. The van der Waals surface area contributed by atoms with Gasteiger partial charge in [-0.2, -0.15) is 5.01 Å². The molecule has 4 aliphatic rings. The SMILES string of the molecule is COc1cc(C2C3=CCC4C(=O)N(C)C(=O)C4C3CC3C(=O)N(Nc4ccc(F)cc4)C(=O)C32c2ccc(Cl)cc2)ccc1O. The number of nitrogens with zero attached hydrogens (tertiary/aromatic N) is 2. The van der Waals surface area contributed by atoms with Crippen molar-refractivity contribution >= 4 is 40.9 Å². The maximum Gasteiger partial charge on any atom is 0.260 e. The van der Waals surface area contributed by atoms with Crippen LogP contribution in [0.3, 0.4) is 0 Å². The number of amides is 4. The van der Waals surface area contributed by atoms with Crippen molar-refractivity contribution in [3.8, 4) is 11.5 Å². The topological polar surface area (TPSA) is 116 Å². The summed E-state index contributed by atoms with van der Waals surface area (Å²) < 4.78 is 19.2. The first kappa shape index (κ1) is 29.0. The Labute approximate surface area is 263 Å². The van der Waals surface area contributed by atoms with E-state index >= 15 is 4.79 Å². The number of hydrazine groups is 1. The highest BCUT2D eigenvalue weighted by Gasteiger charge is 2.70. The number of aromatic hydroxyl groups is 1. The van der Waals surface area contributed by atoms with Crippen molar-refractivity contribution in [1.82, 2.24) is 9.91 Å². The number of phenolic OH excluding ortho intramolecular Hbond substituents is 1. The molecule has 0 bridgehead atoms. The predicted molar refractivity (Wildman–Crippen MR) is 161 cm³/mol. The summed E-state index contributed by atoms with van der Waals surface area (Å²) in [5, 5.41) is 11.9. The smallest absolute Gasteiger partial charge is 0.260 e. The number of imide groups is 2. The zero-order chi connectivity index (χ0) is 31.8. The van der Waals surface area contributed by atoms with Crippen LogP contribution in [-0.4, -0.2) is 52.8 Å². The van der Waals surface area contributed by atoms with E-state index in [9.17, 15) is 23.9 Å². The number of ether oxygens (including phenoxy) is 1. The van der Waals surface area contributed by atoms with Gasteiger partial charge in [0.15, 0.2) is 11.5 Å². The van der Waals surface area contributed by atoms with Crippen molar-refractivity contribution in [2.24, 2.45) is 23.7 Å². The van der Waals surface area contributed by atoms with E-state index in [1.165, 1.54) is 44.5 Å². The minimum absolute atomic E-state index is 0.102. The van der Waals surface area contributed by atoms with Gasteiger partial charge in [-0.05, 0) is 78.4 Å². The average Bonchev–Trinajstić information content (AvgIpc) is 3.39. The fraction of sp³-hybridized carbons (Fsp3) is 0.294. The van der Waals surface area contributed by atoms with Crippen LogP contribution in [0, 0.1) is 29.5 Å². The van der Waals surface area contributed by atoms with Crippen molar-refractivity contribution in [2.75, 3.05) is 19.6 Å². The molecule has 3 aromatic rings. The quantitative estimate of drug-likeness (QED) is 0.307. The van der Waals surface area contributed by atoms with E-state index in [4.69, 9.17) is 16.3 Å². The molecule has 3 aromatic carbocycles. The van der Waals surface area contributed by atoms with Crippen LogP contribution in [-0.2, 0) is 24.6 Å². The number of anilines is 1. The fourth-order valence-electron chi connectivity index (χ4n) is 8.06. The number of likely N-dealkylation sites (tertiary alicyclic amines) is 1. The normalized spacial score (nSPS) is 28.9. The summed E-state index contributed by atoms with van der Waals surface area (Å²) in [6.07, 6.45) is 2.39. The molecular weight excluding hydrogens is 601 g/mol. The molecule has 3 fully saturated rings. The van der Waals surface area contributed by atoms with Crippen molar-refractivity contribution in [3.05, 3.63) is 100 Å². The lowest BCUT2D eigenvalue weighted by atomic mass is 9.49. The van der Waals surface area contributed by atoms with Crippen LogP contribution < -0.4 is 10.2 Å². The molecule has 6 unspecified atom stereocenters. The molecule has 45 heavy (non-hydrogen) atoms. The Morgan fingerprint density at radius 2 is 1.67 bits per heavy atom. The minimum atomic E-state index is -1.51. The van der Waals surface area contributed by atoms with E-state index in [1.807, 2.05) is 6.08 Å². The van der Waals surface area contributed by atoms with Gasteiger partial charge in [-0.15, -0.1) is 0 Å². The van der Waals surface area contributed by atoms with Crippen molar-refractivity contribution < 1.29 is 33.4 Å². The number of phenols is 1. The number of carbonyl (C=O) groups is 4. The maximum atomic E-state index is 15.0. The number of fused-ring (bicyclic) bond motifs is 4. The second-order valence-electron chi connectivity index (χ2n) is 12.0. The van der Waals surface area contributed by atoms with E-state index in [2.05, 4.69) is 5.43 Å². The summed E-state index contributed by atoms with van der Waals surface area (Å²) in [6, 6.07) is 16.9. The van der Waals surface area contributed by atoms with Crippen LogP contribution >= 0.6 is 11.6 Å². The number of hydrogen-bond acceptors (Lipinski definition) is 7. The Morgan fingerprint density at radius 3 is 2.36 bits per heavy atom. The molecule has 0 aromatic heterocycles. The molecule has 2 heterocycles. The first-order valence-electron chi connectivity index (χ1n) is 14.6. The van der Waals surface area contributed by atoms with Gasteiger partial charge in [-0.3, -0.25) is 29.5 Å². The molecule has 4 amide bonds. The second-order valence-corrected chi connectivity index (χ2v) is 12.5. The van der Waals surface area contributed by atoms with Gasteiger partial charge < -0.3 is 9.84 Å². The summed E-state index contributed by atoms with van der Waals surface area (Å²) in [7, 11) is 2.90. The van der Waals surface area contributed by atoms with E-state index in [0.29, 0.717) is 28.3 Å². The Morgan fingerprint density at radius 1 is 0.956 bits per heavy atom. The van der Waals surface area contributed by atoms with E-state index in [1.54, 1.807) is 36.4 Å². The van der Waals surface area contributed by atoms with Crippen molar-refractivity contribution in [1.29, 1.82) is 0 Å². The third-order valence-corrected chi connectivity index (χ3v) is 10.3. The number of rotatable bonds is 5. The molecule has 230 valence electrons. The first-order valence-corrected chi connectivity index (χ1v) is 15.0. The monoisotopic (exact) mass is 629 g/mol. The standard InChI is InChI=1S/C34H29ClFN3O6/c1-38-30(41)23-13-12-22-24(28(23)32(38)43)16-25-31(42)39(37-21-10-8-20(36)9-11-21)33(44)34(25,18-4-6-19(35)7-5-18)29(22)17-3-14-26(40)27(15-17)45-2/h3-12,14-15,23-25,28-29,37,40H,13,16H2,1-2H3. The van der Waals surface area contributed by atoms with Crippen LogP contribution in [0.15, 0.2) is 78.4 Å². The number of halogens is 2. The van der Waals surface area contributed by atoms with Gasteiger partial charge >= 0.3 is 0 Å².